The molecule has 0 aliphatic heterocycles. The van der Waals surface area contributed by atoms with Crippen LogP contribution in [0.2, 0.25) is 0 Å². The molecule has 0 fully saturated rings. The van der Waals surface area contributed by atoms with E-state index in [4.69, 9.17) is 10.2 Å². The second kappa shape index (κ2) is 5.97. The van der Waals surface area contributed by atoms with Crippen molar-refractivity contribution >= 4 is 5.97 Å². The first kappa shape index (κ1) is 11.4. The predicted molar refractivity (Wildman–Crippen MR) is 43.8 cm³/mol. The molecule has 2 atom stereocenters. The van der Waals surface area contributed by atoms with Crippen LogP contribution in [0.4, 0.5) is 0 Å². The fraction of sp³-hybridized carbons (Fsp3) is 0.875. The average molecular weight is 176 g/mol. The quantitative estimate of drug-likeness (QED) is 0.546. The monoisotopic (exact) mass is 176 g/mol. The topological polar surface area (TPSA) is 77.8 Å². The summed E-state index contributed by atoms with van der Waals surface area (Å²) in [5.41, 5.74) is 0. The summed E-state index contributed by atoms with van der Waals surface area (Å²) in [7, 11) is 0. The zero-order valence-electron chi connectivity index (χ0n) is 7.23. The Labute approximate surface area is 71.8 Å². The van der Waals surface area contributed by atoms with Crippen LogP contribution >= 0.6 is 0 Å². The Morgan fingerprint density at radius 1 is 1.25 bits per heavy atom. The van der Waals surface area contributed by atoms with Gasteiger partial charge >= 0.3 is 5.97 Å². The van der Waals surface area contributed by atoms with Gasteiger partial charge in [0.15, 0.2) is 6.10 Å². The van der Waals surface area contributed by atoms with E-state index < -0.39 is 18.2 Å². The van der Waals surface area contributed by atoms with Crippen LogP contribution < -0.4 is 0 Å². The maximum Gasteiger partial charge on any atom is 0.332 e. The highest BCUT2D eigenvalue weighted by atomic mass is 16.4. The van der Waals surface area contributed by atoms with Crippen LogP contribution in [0, 0.1) is 0 Å². The molecular formula is C8H16O4. The van der Waals surface area contributed by atoms with Gasteiger partial charge in [-0.05, 0) is 19.3 Å². The number of hydrogen-bond acceptors (Lipinski definition) is 3. The minimum Gasteiger partial charge on any atom is -0.479 e. The number of hydrogen-bond donors (Lipinski definition) is 3. The Morgan fingerprint density at radius 3 is 2.25 bits per heavy atom. The van der Waals surface area contributed by atoms with Gasteiger partial charge in [0.05, 0.1) is 6.10 Å². The number of rotatable bonds is 6. The van der Waals surface area contributed by atoms with Crippen molar-refractivity contribution in [2.24, 2.45) is 0 Å². The van der Waals surface area contributed by atoms with Crippen LogP contribution in [0.3, 0.4) is 0 Å². The van der Waals surface area contributed by atoms with Crippen molar-refractivity contribution in [3.05, 3.63) is 0 Å². The van der Waals surface area contributed by atoms with Crippen molar-refractivity contribution in [3.8, 4) is 0 Å². The first-order valence-electron chi connectivity index (χ1n) is 4.16. The van der Waals surface area contributed by atoms with Gasteiger partial charge in [-0.25, -0.2) is 4.79 Å². The lowest BCUT2D eigenvalue weighted by Gasteiger charge is -2.10. The molecule has 0 aliphatic rings. The third kappa shape index (κ3) is 5.09. The van der Waals surface area contributed by atoms with Gasteiger partial charge in [-0.15, -0.1) is 0 Å². The summed E-state index contributed by atoms with van der Waals surface area (Å²) in [5.74, 6) is -1.22. The van der Waals surface area contributed by atoms with Crippen molar-refractivity contribution in [1.29, 1.82) is 0 Å². The molecule has 0 spiro atoms. The Hall–Kier alpha value is -0.610. The molecule has 2 unspecified atom stereocenters. The molecule has 0 aromatic rings. The zero-order chi connectivity index (χ0) is 9.56. The van der Waals surface area contributed by atoms with Crippen LogP contribution in [-0.2, 0) is 4.79 Å². The smallest absolute Gasteiger partial charge is 0.332 e. The van der Waals surface area contributed by atoms with Gasteiger partial charge in [0.1, 0.15) is 0 Å². The summed E-state index contributed by atoms with van der Waals surface area (Å²) in [4.78, 5) is 10.1. The van der Waals surface area contributed by atoms with Gasteiger partial charge in [-0.2, -0.15) is 0 Å². The summed E-state index contributed by atoms with van der Waals surface area (Å²) in [5, 5.41) is 26.3. The van der Waals surface area contributed by atoms with Gasteiger partial charge in [-0.3, -0.25) is 0 Å². The molecule has 0 radical (unpaired) electrons. The van der Waals surface area contributed by atoms with Gasteiger partial charge in [0, 0.05) is 0 Å². The van der Waals surface area contributed by atoms with Gasteiger partial charge < -0.3 is 15.3 Å². The third-order valence-electron chi connectivity index (χ3n) is 1.68. The summed E-state index contributed by atoms with van der Waals surface area (Å²) in [6.07, 6.45) is 0.176. The molecule has 0 saturated carbocycles. The first-order valence-corrected chi connectivity index (χ1v) is 4.16. The fourth-order valence-electron chi connectivity index (χ4n) is 0.951. The van der Waals surface area contributed by atoms with E-state index in [1.807, 2.05) is 6.92 Å². The molecule has 4 nitrogen and oxygen atoms in total. The summed E-state index contributed by atoms with van der Waals surface area (Å²) in [6.45, 7) is 1.94. The molecule has 0 bridgehead atoms. The van der Waals surface area contributed by atoms with E-state index >= 15 is 0 Å². The maximum absolute atomic E-state index is 10.1. The number of carbonyl (C=O) groups is 1. The lowest BCUT2D eigenvalue weighted by atomic mass is 10.1. The second-order valence-corrected chi connectivity index (χ2v) is 2.87. The predicted octanol–water partition coefficient (Wildman–Crippen LogP) is 0.373. The summed E-state index contributed by atoms with van der Waals surface area (Å²) in [6, 6.07) is 0. The van der Waals surface area contributed by atoms with Gasteiger partial charge in [0.25, 0.3) is 0 Å². The molecule has 4 heteroatoms. The van der Waals surface area contributed by atoms with E-state index in [0.717, 1.165) is 6.42 Å². The van der Waals surface area contributed by atoms with Crippen LogP contribution in [0.1, 0.15) is 32.6 Å². The normalized spacial score (nSPS) is 15.6. The Kier molecular flexibility index (Phi) is 5.66. The second-order valence-electron chi connectivity index (χ2n) is 2.87. The number of carboxylic acid groups (broad SMARTS) is 1. The van der Waals surface area contributed by atoms with E-state index in [1.54, 1.807) is 0 Å². The van der Waals surface area contributed by atoms with E-state index in [-0.39, 0.29) is 6.42 Å². The van der Waals surface area contributed by atoms with Gasteiger partial charge in [-0.1, -0.05) is 13.3 Å². The van der Waals surface area contributed by atoms with Crippen LogP contribution in [0.25, 0.3) is 0 Å². The van der Waals surface area contributed by atoms with Crippen molar-refractivity contribution < 1.29 is 20.1 Å². The molecule has 0 rings (SSSR count). The number of aliphatic hydroxyl groups excluding tert-OH is 2. The minimum atomic E-state index is -1.34. The number of carboxylic acids is 1. The lowest BCUT2D eigenvalue weighted by Crippen LogP contribution is -2.21. The molecule has 0 amide bonds. The Bertz CT molecular complexity index is 135. The molecule has 0 heterocycles. The highest BCUT2D eigenvalue weighted by Crippen LogP contribution is 2.06. The SMILES string of the molecule is CCCC(O)CCC(O)C(=O)O. The standard InChI is InChI=1S/C8H16O4/c1-2-3-6(9)4-5-7(10)8(11)12/h6-7,9-10H,2-5H2,1H3,(H,11,12). The van der Waals surface area contributed by atoms with Gasteiger partial charge in [0.2, 0.25) is 0 Å². The van der Waals surface area contributed by atoms with Crippen molar-refractivity contribution in [2.45, 2.75) is 44.8 Å². The highest BCUT2D eigenvalue weighted by Gasteiger charge is 2.14. The molecule has 72 valence electrons. The molecule has 0 aromatic heterocycles. The number of aliphatic hydroxyl groups is 2. The summed E-state index contributed by atoms with van der Waals surface area (Å²) >= 11 is 0. The first-order chi connectivity index (χ1) is 5.57. The Morgan fingerprint density at radius 2 is 1.83 bits per heavy atom. The van der Waals surface area contributed by atoms with E-state index in [0.29, 0.717) is 12.8 Å². The van der Waals surface area contributed by atoms with Crippen LogP contribution in [0.15, 0.2) is 0 Å². The highest BCUT2D eigenvalue weighted by molar-refractivity contribution is 5.71. The minimum absolute atomic E-state index is 0.122. The van der Waals surface area contributed by atoms with Crippen molar-refractivity contribution in [2.75, 3.05) is 0 Å². The van der Waals surface area contributed by atoms with E-state index in [1.165, 1.54) is 0 Å². The molecule has 0 aromatic carbocycles. The van der Waals surface area contributed by atoms with Crippen molar-refractivity contribution in [3.63, 3.8) is 0 Å². The third-order valence-corrected chi connectivity index (χ3v) is 1.68. The maximum atomic E-state index is 10.1. The number of aliphatic carboxylic acids is 1. The lowest BCUT2D eigenvalue weighted by molar-refractivity contribution is -0.147. The van der Waals surface area contributed by atoms with E-state index in [9.17, 15) is 9.90 Å². The van der Waals surface area contributed by atoms with Crippen LogP contribution in [0.5, 0.6) is 0 Å². The molecule has 0 aliphatic carbocycles. The molecule has 0 saturated heterocycles. The molecule has 12 heavy (non-hydrogen) atoms. The zero-order valence-corrected chi connectivity index (χ0v) is 7.23. The van der Waals surface area contributed by atoms with E-state index in [2.05, 4.69) is 0 Å². The van der Waals surface area contributed by atoms with Crippen molar-refractivity contribution in [1.82, 2.24) is 0 Å². The van der Waals surface area contributed by atoms with Crippen LogP contribution in [-0.4, -0.2) is 33.5 Å². The molecule has 3 N–H and O–H groups in total. The average Bonchev–Trinajstić information content (AvgIpc) is 2.00. The summed E-state index contributed by atoms with van der Waals surface area (Å²) < 4.78 is 0. The molecular weight excluding hydrogens is 160 g/mol. The Balaban J connectivity index is 3.46. The fourth-order valence-corrected chi connectivity index (χ4v) is 0.951. The largest absolute Gasteiger partial charge is 0.479 e.